The SMILES string of the molecule is CNCC(=O)NC(CCCNC(N)=O)C(N)=O. The molecule has 0 heterocycles. The lowest BCUT2D eigenvalue weighted by atomic mass is 10.1. The van der Waals surface area contributed by atoms with Crippen molar-refractivity contribution < 1.29 is 14.4 Å². The van der Waals surface area contributed by atoms with Crippen molar-refractivity contribution in [1.29, 1.82) is 0 Å². The lowest BCUT2D eigenvalue weighted by Crippen LogP contribution is -2.47. The van der Waals surface area contributed by atoms with Crippen molar-refractivity contribution in [2.45, 2.75) is 18.9 Å². The van der Waals surface area contributed by atoms with Gasteiger partial charge in [0.1, 0.15) is 6.04 Å². The average molecular weight is 245 g/mol. The molecule has 98 valence electrons. The highest BCUT2D eigenvalue weighted by Gasteiger charge is 2.16. The number of hydrogen-bond acceptors (Lipinski definition) is 4. The van der Waals surface area contributed by atoms with Crippen molar-refractivity contribution in [3.8, 4) is 0 Å². The fraction of sp³-hybridized carbons (Fsp3) is 0.667. The molecule has 7 N–H and O–H groups in total. The van der Waals surface area contributed by atoms with E-state index in [1.54, 1.807) is 7.05 Å². The summed E-state index contributed by atoms with van der Waals surface area (Å²) < 4.78 is 0. The summed E-state index contributed by atoms with van der Waals surface area (Å²) in [7, 11) is 1.62. The van der Waals surface area contributed by atoms with Gasteiger partial charge in [-0.3, -0.25) is 9.59 Å². The highest BCUT2D eigenvalue weighted by atomic mass is 16.2. The first-order valence-corrected chi connectivity index (χ1v) is 5.24. The quantitative estimate of drug-likeness (QED) is 0.305. The van der Waals surface area contributed by atoms with Crippen LogP contribution in [0.4, 0.5) is 4.79 Å². The Balaban J connectivity index is 3.95. The van der Waals surface area contributed by atoms with Crippen LogP contribution in [0, 0.1) is 0 Å². The second-order valence-electron chi connectivity index (χ2n) is 3.49. The highest BCUT2D eigenvalue weighted by Crippen LogP contribution is 1.95. The first-order valence-electron chi connectivity index (χ1n) is 5.24. The number of likely N-dealkylation sites (N-methyl/N-ethyl adjacent to an activating group) is 1. The van der Waals surface area contributed by atoms with Gasteiger partial charge in [-0.2, -0.15) is 0 Å². The molecular weight excluding hydrogens is 226 g/mol. The Morgan fingerprint density at radius 2 is 1.88 bits per heavy atom. The fourth-order valence-corrected chi connectivity index (χ4v) is 1.21. The molecule has 0 saturated heterocycles. The maximum Gasteiger partial charge on any atom is 0.312 e. The number of carbonyl (C=O) groups is 3. The number of hydrogen-bond donors (Lipinski definition) is 5. The van der Waals surface area contributed by atoms with Crippen molar-refractivity contribution >= 4 is 17.8 Å². The van der Waals surface area contributed by atoms with Gasteiger partial charge >= 0.3 is 6.03 Å². The van der Waals surface area contributed by atoms with Gasteiger partial charge in [0, 0.05) is 6.54 Å². The Morgan fingerprint density at radius 3 is 2.35 bits per heavy atom. The van der Waals surface area contributed by atoms with Crippen molar-refractivity contribution in [3.63, 3.8) is 0 Å². The molecule has 0 spiro atoms. The van der Waals surface area contributed by atoms with Crippen LogP contribution >= 0.6 is 0 Å². The summed E-state index contributed by atoms with van der Waals surface area (Å²) in [5.74, 6) is -0.910. The Labute approximate surface area is 99.5 Å². The summed E-state index contributed by atoms with van der Waals surface area (Å²) in [5.41, 5.74) is 10.0. The van der Waals surface area contributed by atoms with Crippen molar-refractivity contribution in [2.24, 2.45) is 11.5 Å². The van der Waals surface area contributed by atoms with Gasteiger partial charge in [0.05, 0.1) is 6.54 Å². The van der Waals surface area contributed by atoms with Gasteiger partial charge in [0.25, 0.3) is 0 Å². The van der Waals surface area contributed by atoms with Crippen LogP contribution in [0.5, 0.6) is 0 Å². The molecule has 1 unspecified atom stereocenters. The standard InChI is InChI=1S/C9H19N5O3/c1-12-5-7(15)14-6(8(10)16)3-2-4-13-9(11)17/h6,12H,2-5H2,1H3,(H2,10,16)(H,14,15)(H3,11,13,17). The van der Waals surface area contributed by atoms with E-state index in [0.29, 0.717) is 19.4 Å². The van der Waals surface area contributed by atoms with Crippen LogP contribution in [-0.4, -0.2) is 44.0 Å². The van der Waals surface area contributed by atoms with E-state index in [1.165, 1.54) is 0 Å². The summed E-state index contributed by atoms with van der Waals surface area (Å²) in [6, 6.07) is -1.36. The zero-order valence-electron chi connectivity index (χ0n) is 9.79. The van der Waals surface area contributed by atoms with Crippen molar-refractivity contribution in [1.82, 2.24) is 16.0 Å². The van der Waals surface area contributed by atoms with E-state index in [-0.39, 0.29) is 12.5 Å². The summed E-state index contributed by atoms with van der Waals surface area (Å²) in [4.78, 5) is 32.7. The first kappa shape index (κ1) is 15.2. The number of amides is 4. The van der Waals surface area contributed by atoms with Gasteiger partial charge in [-0.15, -0.1) is 0 Å². The highest BCUT2D eigenvalue weighted by molar-refractivity contribution is 5.87. The topological polar surface area (TPSA) is 139 Å². The molecule has 8 nitrogen and oxygen atoms in total. The van der Waals surface area contributed by atoms with Crippen LogP contribution in [0.15, 0.2) is 0 Å². The van der Waals surface area contributed by atoms with Crippen LogP contribution in [0.3, 0.4) is 0 Å². The number of rotatable bonds is 8. The largest absolute Gasteiger partial charge is 0.368 e. The molecule has 4 amide bonds. The molecule has 0 bridgehead atoms. The molecule has 0 radical (unpaired) electrons. The van der Waals surface area contributed by atoms with Gasteiger partial charge in [-0.05, 0) is 19.9 Å². The minimum atomic E-state index is -0.731. The van der Waals surface area contributed by atoms with Gasteiger partial charge in [0.2, 0.25) is 11.8 Å². The Morgan fingerprint density at radius 1 is 1.24 bits per heavy atom. The van der Waals surface area contributed by atoms with E-state index in [4.69, 9.17) is 11.5 Å². The predicted molar refractivity (Wildman–Crippen MR) is 61.9 cm³/mol. The second-order valence-corrected chi connectivity index (χ2v) is 3.49. The van der Waals surface area contributed by atoms with Gasteiger partial charge in [-0.1, -0.05) is 0 Å². The van der Waals surface area contributed by atoms with Crippen molar-refractivity contribution in [2.75, 3.05) is 20.1 Å². The number of nitrogens with two attached hydrogens (primary N) is 2. The number of carbonyl (C=O) groups excluding carboxylic acids is 3. The van der Waals surface area contributed by atoms with Crippen LogP contribution < -0.4 is 27.4 Å². The van der Waals surface area contributed by atoms with Gasteiger partial charge in [-0.25, -0.2) is 4.79 Å². The first-order chi connectivity index (χ1) is 7.97. The molecule has 1 atom stereocenters. The summed E-state index contributed by atoms with van der Waals surface area (Å²) in [6.07, 6.45) is 0.849. The zero-order valence-corrected chi connectivity index (χ0v) is 9.79. The molecule has 0 aliphatic heterocycles. The van der Waals surface area contributed by atoms with E-state index < -0.39 is 18.0 Å². The van der Waals surface area contributed by atoms with Gasteiger partial charge in [0.15, 0.2) is 0 Å². The molecule has 8 heteroatoms. The van der Waals surface area contributed by atoms with E-state index >= 15 is 0 Å². The van der Waals surface area contributed by atoms with E-state index in [2.05, 4.69) is 16.0 Å². The van der Waals surface area contributed by atoms with E-state index in [0.717, 1.165) is 0 Å². The molecule has 0 aliphatic rings. The number of urea groups is 1. The molecule has 17 heavy (non-hydrogen) atoms. The third-order valence-electron chi connectivity index (χ3n) is 1.98. The lowest BCUT2D eigenvalue weighted by Gasteiger charge is -2.15. The van der Waals surface area contributed by atoms with E-state index in [9.17, 15) is 14.4 Å². The van der Waals surface area contributed by atoms with Crippen LogP contribution in [0.1, 0.15) is 12.8 Å². The number of nitrogens with one attached hydrogen (secondary N) is 3. The van der Waals surface area contributed by atoms with Crippen LogP contribution in [0.25, 0.3) is 0 Å². The molecule has 0 aromatic carbocycles. The lowest BCUT2D eigenvalue weighted by molar-refractivity contribution is -0.127. The average Bonchev–Trinajstić information content (AvgIpc) is 2.22. The van der Waals surface area contributed by atoms with Crippen LogP contribution in [0.2, 0.25) is 0 Å². The summed E-state index contributed by atoms with van der Waals surface area (Å²) in [6.45, 7) is 0.449. The Hall–Kier alpha value is -1.83. The zero-order chi connectivity index (χ0) is 13.3. The van der Waals surface area contributed by atoms with Crippen molar-refractivity contribution in [3.05, 3.63) is 0 Å². The molecule has 0 aromatic heterocycles. The van der Waals surface area contributed by atoms with Crippen LogP contribution in [-0.2, 0) is 9.59 Å². The fourth-order valence-electron chi connectivity index (χ4n) is 1.21. The molecule has 0 fully saturated rings. The monoisotopic (exact) mass is 245 g/mol. The normalized spacial score (nSPS) is 11.6. The number of primary amides is 2. The third kappa shape index (κ3) is 8.03. The summed E-state index contributed by atoms with van der Waals surface area (Å²) >= 11 is 0. The van der Waals surface area contributed by atoms with Gasteiger partial charge < -0.3 is 27.4 Å². The predicted octanol–water partition coefficient (Wildman–Crippen LogP) is -2.38. The Bertz CT molecular complexity index is 282. The molecule has 0 aliphatic carbocycles. The third-order valence-corrected chi connectivity index (χ3v) is 1.98. The van der Waals surface area contributed by atoms with E-state index in [1.807, 2.05) is 0 Å². The molecular formula is C9H19N5O3. The molecule has 0 rings (SSSR count). The minimum absolute atomic E-state index is 0.114. The smallest absolute Gasteiger partial charge is 0.312 e. The minimum Gasteiger partial charge on any atom is -0.368 e. The molecule has 0 saturated carbocycles. The second kappa shape index (κ2) is 8.34. The Kier molecular flexibility index (Phi) is 7.44. The summed E-state index contributed by atoms with van der Waals surface area (Å²) in [5, 5.41) is 7.52. The molecule has 0 aromatic rings. The maximum atomic E-state index is 11.2. The maximum absolute atomic E-state index is 11.2.